The van der Waals surface area contributed by atoms with Crippen LogP contribution in [0.2, 0.25) is 0 Å². The lowest BCUT2D eigenvalue weighted by Gasteiger charge is -2.20. The Morgan fingerprint density at radius 2 is 2.23 bits per heavy atom. The highest BCUT2D eigenvalue weighted by atomic mass is 16.5. The van der Waals surface area contributed by atoms with Crippen LogP contribution in [0.25, 0.3) is 0 Å². The first-order valence-electron chi connectivity index (χ1n) is 5.36. The number of rotatable bonds is 3. The topological polar surface area (TPSA) is 26.3 Å². The Hall–Kier alpha value is -0.530. The molecule has 3 unspecified atom stereocenters. The lowest BCUT2D eigenvalue weighted by atomic mass is 9.85. The average molecular weight is 182 g/mol. The maximum Gasteiger partial charge on any atom is 0.305 e. The molecule has 0 aromatic heterocycles. The Balaban J connectivity index is 1.74. The van der Waals surface area contributed by atoms with E-state index in [1.165, 1.54) is 32.8 Å². The van der Waals surface area contributed by atoms with E-state index in [0.717, 1.165) is 24.2 Å². The van der Waals surface area contributed by atoms with E-state index in [9.17, 15) is 4.79 Å². The third kappa shape index (κ3) is 1.87. The predicted octanol–water partition coefficient (Wildman–Crippen LogP) is 2.38. The predicted molar refractivity (Wildman–Crippen MR) is 50.2 cm³/mol. The summed E-state index contributed by atoms with van der Waals surface area (Å²) in [4.78, 5) is 11.0. The van der Waals surface area contributed by atoms with E-state index in [0.29, 0.717) is 6.42 Å². The molecule has 0 aromatic carbocycles. The van der Waals surface area contributed by atoms with Gasteiger partial charge < -0.3 is 4.74 Å². The molecule has 2 rings (SSSR count). The van der Waals surface area contributed by atoms with Gasteiger partial charge in [-0.15, -0.1) is 0 Å². The molecule has 2 fully saturated rings. The van der Waals surface area contributed by atoms with Gasteiger partial charge in [0.25, 0.3) is 0 Å². The van der Waals surface area contributed by atoms with Crippen molar-refractivity contribution >= 4 is 5.97 Å². The van der Waals surface area contributed by atoms with Crippen LogP contribution in [0.4, 0.5) is 0 Å². The van der Waals surface area contributed by atoms with Gasteiger partial charge in [0, 0.05) is 6.42 Å². The molecule has 2 aliphatic rings. The standard InChI is InChI=1S/C11H18O2/c1-13-11(12)5-4-10-7-8-2-3-9(10)6-8/h8-10H,2-7H2,1H3. The maximum atomic E-state index is 11.0. The van der Waals surface area contributed by atoms with E-state index in [1.54, 1.807) is 0 Å². The molecule has 0 saturated heterocycles. The minimum Gasteiger partial charge on any atom is -0.469 e. The summed E-state index contributed by atoms with van der Waals surface area (Å²) >= 11 is 0. The molecule has 0 spiro atoms. The van der Waals surface area contributed by atoms with Gasteiger partial charge in [0.2, 0.25) is 0 Å². The Morgan fingerprint density at radius 1 is 1.38 bits per heavy atom. The van der Waals surface area contributed by atoms with Gasteiger partial charge >= 0.3 is 5.97 Å². The molecule has 13 heavy (non-hydrogen) atoms. The smallest absolute Gasteiger partial charge is 0.305 e. The molecule has 0 N–H and O–H groups in total. The molecule has 0 aliphatic heterocycles. The summed E-state index contributed by atoms with van der Waals surface area (Å²) in [6.07, 6.45) is 7.36. The number of fused-ring (bicyclic) bond motifs is 2. The summed E-state index contributed by atoms with van der Waals surface area (Å²) in [6.45, 7) is 0. The number of hydrogen-bond donors (Lipinski definition) is 0. The van der Waals surface area contributed by atoms with E-state index < -0.39 is 0 Å². The molecule has 2 saturated carbocycles. The van der Waals surface area contributed by atoms with Crippen molar-refractivity contribution in [1.82, 2.24) is 0 Å². The Bertz CT molecular complexity index is 200. The second-order valence-electron chi connectivity index (χ2n) is 4.55. The van der Waals surface area contributed by atoms with Crippen LogP contribution >= 0.6 is 0 Å². The maximum absolute atomic E-state index is 11.0. The molecule has 2 nitrogen and oxygen atoms in total. The van der Waals surface area contributed by atoms with Crippen molar-refractivity contribution in [2.75, 3.05) is 7.11 Å². The zero-order chi connectivity index (χ0) is 9.26. The van der Waals surface area contributed by atoms with Crippen molar-refractivity contribution in [2.45, 2.75) is 38.5 Å². The van der Waals surface area contributed by atoms with Crippen LogP contribution in [-0.4, -0.2) is 13.1 Å². The summed E-state index contributed by atoms with van der Waals surface area (Å²) in [5.41, 5.74) is 0. The summed E-state index contributed by atoms with van der Waals surface area (Å²) in [5, 5.41) is 0. The van der Waals surface area contributed by atoms with Crippen LogP contribution in [0.1, 0.15) is 38.5 Å². The minimum absolute atomic E-state index is 0.0391. The third-order valence-electron chi connectivity index (χ3n) is 3.83. The first-order chi connectivity index (χ1) is 6.29. The van der Waals surface area contributed by atoms with Gasteiger partial charge in [-0.05, 0) is 43.4 Å². The lowest BCUT2D eigenvalue weighted by molar-refractivity contribution is -0.141. The molecule has 2 heteroatoms. The fraction of sp³-hybridized carbons (Fsp3) is 0.909. The lowest BCUT2D eigenvalue weighted by Crippen LogP contribution is -2.12. The summed E-state index contributed by atoms with van der Waals surface area (Å²) in [7, 11) is 1.48. The number of ether oxygens (including phenoxy) is 1. The fourth-order valence-electron chi connectivity index (χ4n) is 3.14. The summed E-state index contributed by atoms with van der Waals surface area (Å²) in [5.74, 6) is 2.72. The van der Waals surface area contributed by atoms with Crippen molar-refractivity contribution in [3.05, 3.63) is 0 Å². The highest BCUT2D eigenvalue weighted by Gasteiger charge is 2.39. The number of hydrogen-bond acceptors (Lipinski definition) is 2. The van der Waals surface area contributed by atoms with Crippen LogP contribution in [0, 0.1) is 17.8 Å². The molecule has 2 bridgehead atoms. The van der Waals surface area contributed by atoms with Crippen LogP contribution in [0.5, 0.6) is 0 Å². The second kappa shape index (κ2) is 3.69. The van der Waals surface area contributed by atoms with E-state index in [1.807, 2.05) is 0 Å². The van der Waals surface area contributed by atoms with E-state index in [4.69, 9.17) is 0 Å². The number of esters is 1. The SMILES string of the molecule is COC(=O)CCC1CC2CCC1C2. The Kier molecular flexibility index (Phi) is 2.56. The van der Waals surface area contributed by atoms with Crippen molar-refractivity contribution in [1.29, 1.82) is 0 Å². The van der Waals surface area contributed by atoms with Gasteiger partial charge in [-0.3, -0.25) is 4.79 Å². The van der Waals surface area contributed by atoms with Crippen LogP contribution in [0.3, 0.4) is 0 Å². The molecule has 0 radical (unpaired) electrons. The number of carbonyl (C=O) groups is 1. The monoisotopic (exact) mass is 182 g/mol. The summed E-state index contributed by atoms with van der Waals surface area (Å²) in [6, 6.07) is 0. The second-order valence-corrected chi connectivity index (χ2v) is 4.55. The van der Waals surface area contributed by atoms with Crippen LogP contribution in [0.15, 0.2) is 0 Å². The van der Waals surface area contributed by atoms with Crippen LogP contribution in [-0.2, 0) is 9.53 Å². The zero-order valence-electron chi connectivity index (χ0n) is 8.29. The van der Waals surface area contributed by atoms with Crippen LogP contribution < -0.4 is 0 Å². The Morgan fingerprint density at radius 3 is 2.77 bits per heavy atom. The van der Waals surface area contributed by atoms with Gasteiger partial charge in [0.1, 0.15) is 0 Å². The molecule has 74 valence electrons. The first kappa shape index (κ1) is 9.04. The molecule has 2 aliphatic carbocycles. The highest BCUT2D eigenvalue weighted by molar-refractivity contribution is 5.69. The van der Waals surface area contributed by atoms with Gasteiger partial charge in [-0.1, -0.05) is 6.42 Å². The van der Waals surface area contributed by atoms with Crippen molar-refractivity contribution < 1.29 is 9.53 Å². The van der Waals surface area contributed by atoms with Crippen molar-refractivity contribution in [2.24, 2.45) is 17.8 Å². The molecular weight excluding hydrogens is 164 g/mol. The van der Waals surface area contributed by atoms with Gasteiger partial charge in [0.05, 0.1) is 7.11 Å². The fourth-order valence-corrected chi connectivity index (χ4v) is 3.14. The van der Waals surface area contributed by atoms with Crippen molar-refractivity contribution in [3.63, 3.8) is 0 Å². The molecule has 3 atom stereocenters. The zero-order valence-corrected chi connectivity index (χ0v) is 8.29. The number of carbonyl (C=O) groups excluding carboxylic acids is 1. The van der Waals surface area contributed by atoms with E-state index >= 15 is 0 Å². The molecule has 0 heterocycles. The number of methoxy groups -OCH3 is 1. The normalized spacial score (nSPS) is 36.5. The first-order valence-corrected chi connectivity index (χ1v) is 5.36. The highest BCUT2D eigenvalue weighted by Crippen LogP contribution is 2.49. The van der Waals surface area contributed by atoms with E-state index in [-0.39, 0.29) is 5.97 Å². The molecule has 0 aromatic rings. The molecule has 0 amide bonds. The third-order valence-corrected chi connectivity index (χ3v) is 3.83. The van der Waals surface area contributed by atoms with Gasteiger partial charge in [-0.25, -0.2) is 0 Å². The minimum atomic E-state index is -0.0391. The van der Waals surface area contributed by atoms with Crippen molar-refractivity contribution in [3.8, 4) is 0 Å². The average Bonchev–Trinajstić information content (AvgIpc) is 2.74. The van der Waals surface area contributed by atoms with Gasteiger partial charge in [0.15, 0.2) is 0 Å². The molecular formula is C11H18O2. The Labute approximate surface area is 79.7 Å². The summed E-state index contributed by atoms with van der Waals surface area (Å²) < 4.78 is 4.65. The quantitative estimate of drug-likeness (QED) is 0.626. The van der Waals surface area contributed by atoms with E-state index in [2.05, 4.69) is 4.74 Å². The largest absolute Gasteiger partial charge is 0.469 e. The van der Waals surface area contributed by atoms with Gasteiger partial charge in [-0.2, -0.15) is 0 Å².